The Hall–Kier alpha value is -1.41. The summed E-state index contributed by atoms with van der Waals surface area (Å²) in [6, 6.07) is 5.43. The molecule has 2 heterocycles. The first-order valence-electron chi connectivity index (χ1n) is 8.37. The van der Waals surface area contributed by atoms with Gasteiger partial charge in [-0.2, -0.15) is 0 Å². The van der Waals surface area contributed by atoms with E-state index in [0.717, 1.165) is 10.0 Å². The number of hydrogen-bond donors (Lipinski definition) is 0. The molecule has 8 heteroatoms. The molecule has 0 spiro atoms. The van der Waals surface area contributed by atoms with Gasteiger partial charge in [0.05, 0.1) is 40.7 Å². The first-order valence-corrected chi connectivity index (χ1v) is 10.1. The molecule has 0 N–H and O–H groups in total. The molecule has 1 aliphatic carbocycles. The molecule has 3 fully saturated rings. The first-order chi connectivity index (χ1) is 12.3. The molecule has 2 saturated heterocycles. The largest absolute Gasteiger partial charge is 0.496 e. The van der Waals surface area contributed by atoms with Crippen molar-refractivity contribution in [3.63, 3.8) is 0 Å². The van der Waals surface area contributed by atoms with Gasteiger partial charge < -0.3 is 9.47 Å². The van der Waals surface area contributed by atoms with Gasteiger partial charge in [0.15, 0.2) is 0 Å². The number of benzene rings is 1. The molecule has 4 rings (SSSR count). The van der Waals surface area contributed by atoms with E-state index in [4.69, 9.17) is 9.47 Å². The summed E-state index contributed by atoms with van der Waals surface area (Å²) in [5.74, 6) is -2.04. The molecule has 1 aromatic carbocycles. The zero-order chi connectivity index (χ0) is 18.7. The SMILES string of the molecule is COc1ccc(CN2C(=O)C3C(Br)C4OC(=O)C(C4C)C3C2=O)cc1Br. The predicted molar refractivity (Wildman–Crippen MR) is 98.5 cm³/mol. The number of alkyl halides is 1. The molecule has 0 radical (unpaired) electrons. The Labute approximate surface area is 167 Å². The van der Waals surface area contributed by atoms with Gasteiger partial charge in [0.2, 0.25) is 11.8 Å². The van der Waals surface area contributed by atoms with Crippen LogP contribution in [0, 0.1) is 23.7 Å². The third-order valence-corrected chi connectivity index (χ3v) is 7.41. The normalized spacial score (nSPS) is 35.5. The highest BCUT2D eigenvalue weighted by Crippen LogP contribution is 2.52. The molecule has 2 bridgehead atoms. The number of amides is 2. The summed E-state index contributed by atoms with van der Waals surface area (Å²) in [7, 11) is 1.57. The maximum atomic E-state index is 13.0. The number of halogens is 2. The van der Waals surface area contributed by atoms with Crippen molar-refractivity contribution in [2.45, 2.75) is 24.4 Å². The Bertz CT molecular complexity index is 813. The number of carbonyl (C=O) groups is 3. The van der Waals surface area contributed by atoms with Crippen LogP contribution in [0.5, 0.6) is 5.75 Å². The van der Waals surface area contributed by atoms with Crippen molar-refractivity contribution in [2.75, 3.05) is 7.11 Å². The van der Waals surface area contributed by atoms with E-state index < -0.39 is 17.8 Å². The molecular formula is C18H17Br2NO5. The lowest BCUT2D eigenvalue weighted by atomic mass is 9.68. The van der Waals surface area contributed by atoms with Gasteiger partial charge in [-0.25, -0.2) is 0 Å². The quantitative estimate of drug-likeness (QED) is 0.373. The Kier molecular flexibility index (Phi) is 4.38. The highest BCUT2D eigenvalue weighted by molar-refractivity contribution is 9.10. The van der Waals surface area contributed by atoms with Crippen molar-refractivity contribution in [1.29, 1.82) is 0 Å². The maximum Gasteiger partial charge on any atom is 0.310 e. The van der Waals surface area contributed by atoms with Gasteiger partial charge in [0.1, 0.15) is 11.9 Å². The van der Waals surface area contributed by atoms with Crippen LogP contribution in [0.1, 0.15) is 12.5 Å². The first kappa shape index (κ1) is 18.0. The van der Waals surface area contributed by atoms with E-state index in [2.05, 4.69) is 31.9 Å². The number of rotatable bonds is 3. The van der Waals surface area contributed by atoms with Crippen LogP contribution in [0.4, 0.5) is 0 Å². The van der Waals surface area contributed by atoms with Crippen molar-refractivity contribution in [1.82, 2.24) is 4.90 Å². The second-order valence-corrected chi connectivity index (χ2v) is 8.93. The molecule has 1 saturated carbocycles. The molecular weight excluding hydrogens is 470 g/mol. The highest BCUT2D eigenvalue weighted by Gasteiger charge is 2.66. The molecule has 6 unspecified atom stereocenters. The minimum atomic E-state index is -0.644. The fourth-order valence-corrected chi connectivity index (χ4v) is 6.14. The third kappa shape index (κ3) is 2.45. The van der Waals surface area contributed by atoms with E-state index in [9.17, 15) is 14.4 Å². The van der Waals surface area contributed by atoms with E-state index in [1.165, 1.54) is 4.90 Å². The number of methoxy groups -OCH3 is 1. The topological polar surface area (TPSA) is 72.9 Å². The molecule has 1 aromatic rings. The third-order valence-electron chi connectivity index (χ3n) is 5.70. The number of likely N-dealkylation sites (tertiary alicyclic amines) is 1. The van der Waals surface area contributed by atoms with Crippen LogP contribution in [-0.4, -0.2) is 40.7 Å². The molecule has 6 nitrogen and oxygen atoms in total. The van der Waals surface area contributed by atoms with E-state index in [0.29, 0.717) is 5.75 Å². The lowest BCUT2D eigenvalue weighted by molar-refractivity contribution is -0.148. The number of carbonyl (C=O) groups excluding carboxylic acids is 3. The summed E-state index contributed by atoms with van der Waals surface area (Å²) in [5.41, 5.74) is 0.810. The second-order valence-electron chi connectivity index (χ2n) is 7.01. The standard InChI is InChI=1S/C18H17Br2NO5/c1-7-11-12-13(14(20)15(7)26-18(11)24)17(23)21(16(12)22)6-8-3-4-10(25-2)9(19)5-8/h3-5,7,11-15H,6H2,1-2H3. The Morgan fingerprint density at radius 1 is 1.15 bits per heavy atom. The number of hydrogen-bond acceptors (Lipinski definition) is 5. The Morgan fingerprint density at radius 2 is 1.85 bits per heavy atom. The van der Waals surface area contributed by atoms with Crippen molar-refractivity contribution >= 4 is 49.6 Å². The van der Waals surface area contributed by atoms with Crippen LogP contribution in [0.15, 0.2) is 22.7 Å². The second kappa shape index (κ2) is 6.34. The fraction of sp³-hybridized carbons (Fsp3) is 0.500. The van der Waals surface area contributed by atoms with E-state index >= 15 is 0 Å². The molecule has 0 aromatic heterocycles. The summed E-state index contributed by atoms with van der Waals surface area (Å²) in [6.07, 6.45) is -0.361. The molecule has 26 heavy (non-hydrogen) atoms. The minimum absolute atomic E-state index is 0.0834. The fourth-order valence-electron chi connectivity index (χ4n) is 4.41. The van der Waals surface area contributed by atoms with Crippen LogP contribution in [-0.2, 0) is 25.7 Å². The highest BCUT2D eigenvalue weighted by atomic mass is 79.9. The minimum Gasteiger partial charge on any atom is -0.496 e. The molecule has 2 amide bonds. The predicted octanol–water partition coefficient (Wildman–Crippen LogP) is 2.51. The summed E-state index contributed by atoms with van der Waals surface area (Å²) in [6.45, 7) is 2.08. The van der Waals surface area contributed by atoms with Crippen LogP contribution in [0.25, 0.3) is 0 Å². The summed E-state index contributed by atoms with van der Waals surface area (Å²) in [4.78, 5) is 39.2. The van der Waals surface area contributed by atoms with Gasteiger partial charge in [0, 0.05) is 5.92 Å². The molecule has 2 aliphatic heterocycles. The van der Waals surface area contributed by atoms with Gasteiger partial charge in [-0.3, -0.25) is 19.3 Å². The number of fused-ring (bicyclic) bond motifs is 4. The lowest BCUT2D eigenvalue weighted by Gasteiger charge is -2.33. The van der Waals surface area contributed by atoms with Crippen molar-refractivity contribution < 1.29 is 23.9 Å². The number of ether oxygens (including phenoxy) is 2. The molecule has 6 atom stereocenters. The zero-order valence-electron chi connectivity index (χ0n) is 14.1. The van der Waals surface area contributed by atoms with Crippen molar-refractivity contribution in [2.24, 2.45) is 23.7 Å². The van der Waals surface area contributed by atoms with Gasteiger partial charge in [-0.15, -0.1) is 0 Å². The lowest BCUT2D eigenvalue weighted by Crippen LogP contribution is -2.46. The Morgan fingerprint density at radius 3 is 2.50 bits per heavy atom. The van der Waals surface area contributed by atoms with Crippen LogP contribution < -0.4 is 4.74 Å². The monoisotopic (exact) mass is 485 g/mol. The van der Waals surface area contributed by atoms with E-state index in [1.54, 1.807) is 13.2 Å². The van der Waals surface area contributed by atoms with Crippen LogP contribution in [0.3, 0.4) is 0 Å². The average Bonchev–Trinajstić information content (AvgIpc) is 2.97. The van der Waals surface area contributed by atoms with Gasteiger partial charge in [-0.1, -0.05) is 28.9 Å². The summed E-state index contributed by atoms with van der Waals surface area (Å²) in [5, 5.41) is 0. The van der Waals surface area contributed by atoms with E-state index in [1.807, 2.05) is 19.1 Å². The van der Waals surface area contributed by atoms with Gasteiger partial charge in [0.25, 0.3) is 0 Å². The molecule has 138 valence electrons. The maximum absolute atomic E-state index is 13.0. The van der Waals surface area contributed by atoms with Crippen LogP contribution >= 0.6 is 31.9 Å². The Balaban J connectivity index is 1.64. The van der Waals surface area contributed by atoms with E-state index in [-0.39, 0.29) is 41.2 Å². The van der Waals surface area contributed by atoms with Crippen molar-refractivity contribution in [3.05, 3.63) is 28.2 Å². The van der Waals surface area contributed by atoms with Crippen LogP contribution in [0.2, 0.25) is 0 Å². The van der Waals surface area contributed by atoms with Gasteiger partial charge >= 0.3 is 5.97 Å². The smallest absolute Gasteiger partial charge is 0.310 e. The van der Waals surface area contributed by atoms with Gasteiger partial charge in [-0.05, 0) is 33.6 Å². The average molecular weight is 487 g/mol. The summed E-state index contributed by atoms with van der Waals surface area (Å²) >= 11 is 6.94. The summed E-state index contributed by atoms with van der Waals surface area (Å²) < 4.78 is 11.4. The number of imide groups is 1. The number of nitrogens with zero attached hydrogens (tertiary/aromatic N) is 1. The number of esters is 1. The zero-order valence-corrected chi connectivity index (χ0v) is 17.3. The van der Waals surface area contributed by atoms with Crippen molar-refractivity contribution in [3.8, 4) is 5.75 Å². The molecule has 3 aliphatic rings.